The maximum Gasteiger partial charge on any atom is 0.337 e. The van der Waals surface area contributed by atoms with Gasteiger partial charge in [-0.1, -0.05) is 0 Å². The van der Waals surface area contributed by atoms with Crippen LogP contribution in [-0.4, -0.2) is 88.0 Å². The lowest BCUT2D eigenvalue weighted by molar-refractivity contribution is -0.160. The van der Waals surface area contributed by atoms with Crippen LogP contribution in [0.2, 0.25) is 0 Å². The van der Waals surface area contributed by atoms with Crippen LogP contribution in [0.15, 0.2) is 30.5 Å². The quantitative estimate of drug-likeness (QED) is 0.232. The molecule has 6 heterocycles. The zero-order chi connectivity index (χ0) is 36.9. The molecule has 0 spiro atoms. The molecule has 276 valence electrons. The topological polar surface area (TPSA) is 119 Å². The number of carbonyl (C=O) groups excluding carboxylic acids is 1. The molecule has 2 saturated heterocycles. The highest BCUT2D eigenvalue weighted by atomic mass is 19.1. The van der Waals surface area contributed by atoms with Crippen LogP contribution in [0, 0.1) is 25.6 Å². The van der Waals surface area contributed by atoms with Crippen molar-refractivity contribution in [1.29, 1.82) is 0 Å². The molecule has 0 radical (unpaired) electrons. The van der Waals surface area contributed by atoms with Gasteiger partial charge in [0.25, 0.3) is 0 Å². The average Bonchev–Trinajstić information content (AvgIpc) is 3.69. The van der Waals surface area contributed by atoms with Crippen LogP contribution in [0.1, 0.15) is 68.5 Å². The third-order valence-corrected chi connectivity index (χ3v) is 10.5. The summed E-state index contributed by atoms with van der Waals surface area (Å²) in [6.45, 7) is 13.5. The summed E-state index contributed by atoms with van der Waals surface area (Å²) in [6.07, 6.45) is 3.47. The Hall–Kier alpha value is -4.55. The van der Waals surface area contributed by atoms with Crippen molar-refractivity contribution in [1.82, 2.24) is 19.4 Å². The molecule has 3 aromatic heterocycles. The molecule has 2 atom stereocenters. The Bertz CT molecular complexity index is 2030. The Balaban J connectivity index is 1.34. The van der Waals surface area contributed by atoms with Gasteiger partial charge in [-0.2, -0.15) is 0 Å². The maximum absolute atomic E-state index is 15.9. The first-order valence-electron chi connectivity index (χ1n) is 18.3. The summed E-state index contributed by atoms with van der Waals surface area (Å²) in [5.74, 6) is -0.426. The van der Waals surface area contributed by atoms with E-state index in [1.165, 1.54) is 6.07 Å². The van der Waals surface area contributed by atoms with E-state index in [2.05, 4.69) is 4.90 Å². The van der Waals surface area contributed by atoms with Crippen LogP contribution >= 0.6 is 0 Å². The summed E-state index contributed by atoms with van der Waals surface area (Å²) in [5, 5.41) is 11.3. The number of anilines is 1. The monoisotopic (exact) mass is 713 g/mol. The van der Waals surface area contributed by atoms with Crippen LogP contribution in [0.3, 0.4) is 0 Å². The molecule has 52 heavy (non-hydrogen) atoms. The van der Waals surface area contributed by atoms with Gasteiger partial charge in [-0.05, 0) is 95.7 Å². The number of aromatic nitrogens is 3. The van der Waals surface area contributed by atoms with Crippen molar-refractivity contribution in [3.8, 4) is 28.1 Å². The molecule has 1 amide bonds. The van der Waals surface area contributed by atoms with Gasteiger partial charge >= 0.3 is 5.97 Å². The molecule has 4 aromatic rings. The molecular formula is C40H48FN5O6. The lowest BCUT2D eigenvalue weighted by atomic mass is 9.86. The number of hydrogen-bond acceptors (Lipinski definition) is 8. The average molecular weight is 714 g/mol. The van der Waals surface area contributed by atoms with Crippen LogP contribution in [-0.2, 0) is 32.5 Å². The van der Waals surface area contributed by atoms with E-state index in [9.17, 15) is 14.7 Å². The van der Waals surface area contributed by atoms with Crippen molar-refractivity contribution >= 4 is 28.7 Å². The predicted molar refractivity (Wildman–Crippen MR) is 196 cm³/mol. The van der Waals surface area contributed by atoms with Gasteiger partial charge in [0.05, 0.1) is 30.4 Å². The van der Waals surface area contributed by atoms with Crippen molar-refractivity contribution in [2.24, 2.45) is 13.0 Å². The van der Waals surface area contributed by atoms with Crippen LogP contribution in [0.25, 0.3) is 33.4 Å². The van der Waals surface area contributed by atoms with Gasteiger partial charge < -0.3 is 33.7 Å². The zero-order valence-electron chi connectivity index (χ0n) is 30.9. The largest absolute Gasteiger partial charge is 0.490 e. The summed E-state index contributed by atoms with van der Waals surface area (Å²) >= 11 is 0. The van der Waals surface area contributed by atoms with E-state index >= 15 is 4.39 Å². The number of ether oxygens (including phenoxy) is 3. The predicted octanol–water partition coefficient (Wildman–Crippen LogP) is 6.40. The van der Waals surface area contributed by atoms with Gasteiger partial charge in [0, 0.05) is 79.4 Å². The number of rotatable bonds is 7. The Morgan fingerprint density at radius 3 is 2.62 bits per heavy atom. The second kappa shape index (κ2) is 14.1. The molecule has 3 aliphatic rings. The highest BCUT2D eigenvalue weighted by molar-refractivity contribution is 6.01. The highest BCUT2D eigenvalue weighted by Crippen LogP contribution is 2.45. The van der Waals surface area contributed by atoms with E-state index in [0.29, 0.717) is 79.3 Å². The first kappa shape index (κ1) is 35.8. The van der Waals surface area contributed by atoms with Gasteiger partial charge in [0.2, 0.25) is 5.91 Å². The standard InChI is InChI=1S/C40H48FN5O6/c1-23-27-9-7-17-51-35(27)30(41)20-28(23)34-29-21-31(44(6)37(29)43-24(2)33(34)36(39(48)49)52-40(3,4)5)25-10-12-42-32(19-25)45-13-8-14-46(16-15-45)38(47)26-11-18-50-22-26/h10,12,19-21,26,36H,7-9,11,13-18,22H2,1-6H3,(H,48,49). The van der Waals surface area contributed by atoms with E-state index in [1.54, 1.807) is 13.1 Å². The van der Waals surface area contributed by atoms with E-state index in [-0.39, 0.29) is 17.6 Å². The van der Waals surface area contributed by atoms with Gasteiger partial charge in [0.1, 0.15) is 11.5 Å². The first-order valence-corrected chi connectivity index (χ1v) is 18.3. The SMILES string of the molecule is Cc1nc2c(cc(-c3ccnc(N4CCCN(C(=O)C5CCOC5)CC4)c3)n2C)c(-c2cc(F)c3c(c2C)CCCO3)c1C(OC(C)(C)C)C(=O)O. The molecule has 0 bridgehead atoms. The summed E-state index contributed by atoms with van der Waals surface area (Å²) in [5.41, 5.74) is 5.30. The molecule has 11 nitrogen and oxygen atoms in total. The second-order valence-corrected chi connectivity index (χ2v) is 15.2. The van der Waals surface area contributed by atoms with E-state index < -0.39 is 23.5 Å². The molecule has 1 aromatic carbocycles. The van der Waals surface area contributed by atoms with E-state index in [4.69, 9.17) is 24.2 Å². The molecular weight excluding hydrogens is 665 g/mol. The molecule has 0 saturated carbocycles. The number of pyridine rings is 2. The number of carboxylic acids is 1. The van der Waals surface area contributed by atoms with Crippen LogP contribution < -0.4 is 9.64 Å². The van der Waals surface area contributed by atoms with E-state index in [0.717, 1.165) is 54.0 Å². The number of benzene rings is 1. The molecule has 2 unspecified atom stereocenters. The fraction of sp³-hybridized carbons (Fsp3) is 0.500. The van der Waals surface area contributed by atoms with Crippen molar-refractivity contribution in [3.63, 3.8) is 0 Å². The minimum absolute atomic E-state index is 0.0529. The number of halogens is 1. The molecule has 2 fully saturated rings. The fourth-order valence-corrected chi connectivity index (χ4v) is 7.95. The number of nitrogens with zero attached hydrogens (tertiary/aromatic N) is 5. The minimum Gasteiger partial charge on any atom is -0.490 e. The second-order valence-electron chi connectivity index (χ2n) is 15.2. The number of fused-ring (bicyclic) bond motifs is 2. The van der Waals surface area contributed by atoms with Gasteiger partial charge in [-0.3, -0.25) is 4.79 Å². The molecule has 12 heteroatoms. The molecule has 0 aliphatic carbocycles. The van der Waals surface area contributed by atoms with Crippen molar-refractivity contribution < 1.29 is 33.3 Å². The third kappa shape index (κ3) is 6.74. The number of aliphatic carboxylic acids is 1. The highest BCUT2D eigenvalue weighted by Gasteiger charge is 2.35. The van der Waals surface area contributed by atoms with Crippen molar-refractivity contribution in [2.45, 2.75) is 72.0 Å². The number of carboxylic acid groups (broad SMARTS) is 1. The third-order valence-electron chi connectivity index (χ3n) is 10.5. The lowest BCUT2D eigenvalue weighted by Crippen LogP contribution is -2.39. The normalized spacial score (nSPS) is 18.6. The van der Waals surface area contributed by atoms with Crippen molar-refractivity contribution in [3.05, 3.63) is 58.7 Å². The smallest absolute Gasteiger partial charge is 0.337 e. The number of hydrogen-bond donors (Lipinski definition) is 1. The van der Waals surface area contributed by atoms with Gasteiger partial charge in [-0.15, -0.1) is 0 Å². The summed E-state index contributed by atoms with van der Waals surface area (Å²) < 4.78 is 35.3. The summed E-state index contributed by atoms with van der Waals surface area (Å²) in [6, 6.07) is 7.48. The van der Waals surface area contributed by atoms with Gasteiger partial charge in [-0.25, -0.2) is 19.2 Å². The number of carbonyl (C=O) groups is 2. The molecule has 1 N–H and O–H groups in total. The summed E-state index contributed by atoms with van der Waals surface area (Å²) in [7, 11) is 1.93. The van der Waals surface area contributed by atoms with Crippen LogP contribution in [0.4, 0.5) is 10.2 Å². The van der Waals surface area contributed by atoms with Crippen LogP contribution in [0.5, 0.6) is 5.75 Å². The first-order chi connectivity index (χ1) is 24.8. The molecule has 3 aliphatic heterocycles. The fourth-order valence-electron chi connectivity index (χ4n) is 7.95. The summed E-state index contributed by atoms with van der Waals surface area (Å²) in [4.78, 5) is 40.0. The number of aryl methyl sites for hydroxylation is 2. The van der Waals surface area contributed by atoms with E-state index in [1.807, 2.05) is 62.4 Å². The Morgan fingerprint density at radius 2 is 1.88 bits per heavy atom. The molecule has 7 rings (SSSR count). The number of amides is 1. The Kier molecular flexibility index (Phi) is 9.73. The Morgan fingerprint density at radius 1 is 1.08 bits per heavy atom. The zero-order valence-corrected chi connectivity index (χ0v) is 30.9. The van der Waals surface area contributed by atoms with Gasteiger partial charge in [0.15, 0.2) is 17.7 Å². The lowest BCUT2D eigenvalue weighted by Gasteiger charge is -2.29. The minimum atomic E-state index is -1.35. The Labute approximate surface area is 303 Å². The van der Waals surface area contributed by atoms with Crippen molar-refractivity contribution in [2.75, 3.05) is 50.9 Å². The maximum atomic E-state index is 15.9.